The van der Waals surface area contributed by atoms with E-state index >= 15 is 0 Å². The van der Waals surface area contributed by atoms with E-state index in [1.165, 1.54) is 18.2 Å². The minimum absolute atomic E-state index is 0.0122. The summed E-state index contributed by atoms with van der Waals surface area (Å²) in [6, 6.07) is 4.10. The second kappa shape index (κ2) is 7.98. The first-order valence-corrected chi connectivity index (χ1v) is 8.62. The molecule has 1 unspecified atom stereocenters. The molecule has 0 radical (unpaired) electrons. The molecule has 0 aromatic heterocycles. The van der Waals surface area contributed by atoms with Crippen molar-refractivity contribution >= 4 is 39.2 Å². The second-order valence-electron chi connectivity index (χ2n) is 4.83. The maximum Gasteiger partial charge on any atom is 0.303 e. The fraction of sp³-hybridized carbons (Fsp3) is 0.462. The number of carboxylic acids is 1. The van der Waals surface area contributed by atoms with Gasteiger partial charge < -0.3 is 5.11 Å². The molecule has 0 bridgehead atoms. The first-order chi connectivity index (χ1) is 9.70. The van der Waals surface area contributed by atoms with Crippen LogP contribution in [0.2, 0.25) is 10.0 Å². The third kappa shape index (κ3) is 6.65. The Bertz CT molecular complexity index is 584. The maximum atomic E-state index is 12.1. The molecule has 0 fully saturated rings. The molecule has 0 amide bonds. The minimum Gasteiger partial charge on any atom is -0.481 e. The standard InChI is InChI=1S/C13H17Cl2NO4S/c1-9(2-3-13(17)18)4-5-16-21(19,20)12-7-10(14)6-11(15)8-12/h6-9,16H,2-5H2,1H3,(H,17,18). The van der Waals surface area contributed by atoms with Crippen molar-refractivity contribution < 1.29 is 18.3 Å². The van der Waals surface area contributed by atoms with Crippen molar-refractivity contribution in [1.82, 2.24) is 4.72 Å². The highest BCUT2D eigenvalue weighted by molar-refractivity contribution is 7.89. The molecule has 5 nitrogen and oxygen atoms in total. The Labute approximate surface area is 134 Å². The molecule has 2 N–H and O–H groups in total. The van der Waals surface area contributed by atoms with Crippen LogP contribution in [0.1, 0.15) is 26.2 Å². The molecule has 0 aliphatic rings. The van der Waals surface area contributed by atoms with E-state index in [1.54, 1.807) is 0 Å². The number of halogens is 2. The van der Waals surface area contributed by atoms with Crippen molar-refractivity contribution in [2.45, 2.75) is 31.1 Å². The number of carbonyl (C=O) groups is 1. The Morgan fingerprint density at radius 3 is 2.33 bits per heavy atom. The monoisotopic (exact) mass is 353 g/mol. The van der Waals surface area contributed by atoms with E-state index in [9.17, 15) is 13.2 Å². The van der Waals surface area contributed by atoms with Crippen molar-refractivity contribution in [3.8, 4) is 0 Å². The van der Waals surface area contributed by atoms with E-state index in [0.29, 0.717) is 12.8 Å². The van der Waals surface area contributed by atoms with Gasteiger partial charge in [-0.05, 0) is 37.0 Å². The van der Waals surface area contributed by atoms with Crippen LogP contribution < -0.4 is 4.72 Å². The summed E-state index contributed by atoms with van der Waals surface area (Å²) in [6.07, 6.45) is 1.15. The molecular weight excluding hydrogens is 337 g/mol. The zero-order valence-electron chi connectivity index (χ0n) is 11.5. The highest BCUT2D eigenvalue weighted by atomic mass is 35.5. The molecule has 1 aromatic rings. The van der Waals surface area contributed by atoms with Gasteiger partial charge >= 0.3 is 5.97 Å². The number of nitrogens with one attached hydrogen (secondary N) is 1. The summed E-state index contributed by atoms with van der Waals surface area (Å²) in [5.41, 5.74) is 0. The number of benzene rings is 1. The highest BCUT2D eigenvalue weighted by Crippen LogP contribution is 2.22. The number of rotatable bonds is 8. The van der Waals surface area contributed by atoms with Crippen molar-refractivity contribution in [2.24, 2.45) is 5.92 Å². The van der Waals surface area contributed by atoms with E-state index in [-0.39, 0.29) is 33.8 Å². The molecule has 0 aliphatic carbocycles. The van der Waals surface area contributed by atoms with Crippen LogP contribution in [0.4, 0.5) is 0 Å². The van der Waals surface area contributed by atoms with Crippen LogP contribution in [0.3, 0.4) is 0 Å². The molecule has 0 spiro atoms. The van der Waals surface area contributed by atoms with Crippen molar-refractivity contribution in [3.05, 3.63) is 28.2 Å². The van der Waals surface area contributed by atoms with Gasteiger partial charge in [-0.2, -0.15) is 0 Å². The number of aliphatic carboxylic acids is 1. The van der Waals surface area contributed by atoms with Gasteiger partial charge in [0.15, 0.2) is 0 Å². The quantitative estimate of drug-likeness (QED) is 0.751. The van der Waals surface area contributed by atoms with Crippen LogP contribution in [0, 0.1) is 5.92 Å². The second-order valence-corrected chi connectivity index (χ2v) is 7.47. The molecular formula is C13H17Cl2NO4S. The van der Waals surface area contributed by atoms with Crippen LogP contribution in [-0.2, 0) is 14.8 Å². The Kier molecular flexibility index (Phi) is 6.93. The molecule has 0 aliphatic heterocycles. The Morgan fingerprint density at radius 1 is 1.24 bits per heavy atom. The first-order valence-electron chi connectivity index (χ1n) is 6.38. The topological polar surface area (TPSA) is 83.5 Å². The van der Waals surface area contributed by atoms with Crippen LogP contribution in [0.5, 0.6) is 0 Å². The van der Waals surface area contributed by atoms with Crippen LogP contribution in [0.15, 0.2) is 23.1 Å². The van der Waals surface area contributed by atoms with Crippen molar-refractivity contribution in [1.29, 1.82) is 0 Å². The summed E-state index contributed by atoms with van der Waals surface area (Å²) < 4.78 is 26.6. The molecule has 8 heteroatoms. The van der Waals surface area contributed by atoms with Crippen LogP contribution in [-0.4, -0.2) is 26.0 Å². The average Bonchev–Trinajstić information content (AvgIpc) is 2.35. The molecule has 1 aromatic carbocycles. The summed E-state index contributed by atoms with van der Waals surface area (Å²) in [4.78, 5) is 10.5. The van der Waals surface area contributed by atoms with Crippen molar-refractivity contribution in [3.63, 3.8) is 0 Å². The molecule has 0 saturated heterocycles. The molecule has 0 heterocycles. The summed E-state index contributed by atoms with van der Waals surface area (Å²) in [7, 11) is -3.67. The zero-order valence-corrected chi connectivity index (χ0v) is 13.8. The summed E-state index contributed by atoms with van der Waals surface area (Å²) >= 11 is 11.6. The Hall–Kier alpha value is -0.820. The smallest absolute Gasteiger partial charge is 0.303 e. The van der Waals surface area contributed by atoms with E-state index < -0.39 is 16.0 Å². The van der Waals surface area contributed by atoms with Gasteiger partial charge in [-0.1, -0.05) is 30.1 Å². The van der Waals surface area contributed by atoms with Gasteiger partial charge in [0.1, 0.15) is 0 Å². The van der Waals surface area contributed by atoms with Gasteiger partial charge in [0, 0.05) is 23.0 Å². The lowest BCUT2D eigenvalue weighted by atomic mass is 10.0. The molecule has 0 saturated carbocycles. The molecule has 21 heavy (non-hydrogen) atoms. The lowest BCUT2D eigenvalue weighted by molar-refractivity contribution is -0.137. The van der Waals surface area contributed by atoms with Crippen LogP contribution in [0.25, 0.3) is 0 Å². The van der Waals surface area contributed by atoms with Crippen LogP contribution >= 0.6 is 23.2 Å². The number of carboxylic acid groups (broad SMARTS) is 1. The Morgan fingerprint density at radius 2 is 1.81 bits per heavy atom. The Balaban J connectivity index is 2.55. The van der Waals surface area contributed by atoms with E-state index in [1.807, 2.05) is 6.92 Å². The highest BCUT2D eigenvalue weighted by Gasteiger charge is 2.15. The van der Waals surface area contributed by atoms with Gasteiger partial charge in [0.2, 0.25) is 10.0 Å². The fourth-order valence-electron chi connectivity index (χ4n) is 1.72. The largest absolute Gasteiger partial charge is 0.481 e. The fourth-order valence-corrected chi connectivity index (χ4v) is 3.49. The SMILES string of the molecule is CC(CCNS(=O)(=O)c1cc(Cl)cc(Cl)c1)CCC(=O)O. The normalized spacial score (nSPS) is 13.1. The molecule has 1 rings (SSSR count). The average molecular weight is 354 g/mol. The summed E-state index contributed by atoms with van der Waals surface area (Å²) in [5, 5.41) is 9.08. The van der Waals surface area contributed by atoms with Gasteiger partial charge in [-0.25, -0.2) is 13.1 Å². The summed E-state index contributed by atoms with van der Waals surface area (Å²) in [6.45, 7) is 2.11. The van der Waals surface area contributed by atoms with Gasteiger partial charge in [-0.3, -0.25) is 4.79 Å². The van der Waals surface area contributed by atoms with Gasteiger partial charge in [0.05, 0.1) is 4.90 Å². The number of hydrogen-bond donors (Lipinski definition) is 2. The minimum atomic E-state index is -3.67. The van der Waals surface area contributed by atoms with Gasteiger partial charge in [0.25, 0.3) is 0 Å². The maximum absolute atomic E-state index is 12.1. The predicted molar refractivity (Wildman–Crippen MR) is 82.3 cm³/mol. The number of sulfonamides is 1. The number of hydrogen-bond acceptors (Lipinski definition) is 3. The lowest BCUT2D eigenvalue weighted by Gasteiger charge is -2.11. The zero-order chi connectivity index (χ0) is 16.0. The lowest BCUT2D eigenvalue weighted by Crippen LogP contribution is -2.26. The third-order valence-electron chi connectivity index (χ3n) is 2.93. The van der Waals surface area contributed by atoms with Gasteiger partial charge in [-0.15, -0.1) is 0 Å². The van der Waals surface area contributed by atoms with E-state index in [2.05, 4.69) is 4.72 Å². The van der Waals surface area contributed by atoms with E-state index in [0.717, 1.165) is 0 Å². The predicted octanol–water partition coefficient (Wildman–Crippen LogP) is 3.16. The van der Waals surface area contributed by atoms with E-state index in [4.69, 9.17) is 28.3 Å². The first kappa shape index (κ1) is 18.2. The third-order valence-corrected chi connectivity index (χ3v) is 4.80. The van der Waals surface area contributed by atoms with Crippen molar-refractivity contribution in [2.75, 3.05) is 6.54 Å². The molecule has 1 atom stereocenters. The molecule has 118 valence electrons. The summed E-state index contributed by atoms with van der Waals surface area (Å²) in [5.74, 6) is -0.734.